The van der Waals surface area contributed by atoms with Gasteiger partial charge in [-0.2, -0.15) is 9.61 Å². The number of fused-ring (bicyclic) bond motifs is 1. The van der Waals surface area contributed by atoms with E-state index in [0.717, 1.165) is 17.1 Å². The lowest BCUT2D eigenvalue weighted by Crippen LogP contribution is -2.17. The Morgan fingerprint density at radius 3 is 2.84 bits per heavy atom. The summed E-state index contributed by atoms with van der Waals surface area (Å²) in [7, 11) is 3.80. The molecule has 130 valence electrons. The summed E-state index contributed by atoms with van der Waals surface area (Å²) in [4.78, 5) is 31.1. The predicted octanol–water partition coefficient (Wildman–Crippen LogP) is 2.14. The maximum Gasteiger partial charge on any atom is 0.338 e. The van der Waals surface area contributed by atoms with E-state index in [9.17, 15) is 9.59 Å². The molecule has 2 heterocycles. The Morgan fingerprint density at radius 2 is 2.12 bits per heavy atom. The van der Waals surface area contributed by atoms with Crippen LogP contribution < -0.4 is 10.5 Å². The van der Waals surface area contributed by atoms with Crippen LogP contribution in [0, 0.1) is 0 Å². The van der Waals surface area contributed by atoms with Crippen LogP contribution in [-0.4, -0.2) is 34.7 Å². The molecule has 0 aliphatic heterocycles. The molecule has 0 unspecified atom stereocenters. The highest BCUT2D eigenvalue weighted by Gasteiger charge is 2.12. The predicted molar refractivity (Wildman–Crippen MR) is 96.4 cm³/mol. The lowest BCUT2D eigenvalue weighted by Gasteiger charge is -2.13. The highest BCUT2D eigenvalue weighted by molar-refractivity contribution is 7.16. The van der Waals surface area contributed by atoms with Crippen molar-refractivity contribution in [2.75, 3.05) is 19.0 Å². The monoisotopic (exact) mass is 358 g/mol. The number of aryl methyl sites for hydroxylation is 1. The zero-order valence-electron chi connectivity index (χ0n) is 14.2. The zero-order valence-corrected chi connectivity index (χ0v) is 15.0. The van der Waals surface area contributed by atoms with Crippen molar-refractivity contribution in [1.82, 2.24) is 14.6 Å². The molecule has 2 aromatic heterocycles. The van der Waals surface area contributed by atoms with E-state index >= 15 is 0 Å². The number of rotatable bonds is 5. The lowest BCUT2D eigenvalue weighted by atomic mass is 10.2. The van der Waals surface area contributed by atoms with Gasteiger partial charge in [-0.1, -0.05) is 24.3 Å². The molecule has 0 aliphatic rings. The third kappa shape index (κ3) is 3.69. The lowest BCUT2D eigenvalue weighted by molar-refractivity contribution is 0.0468. The third-order valence-electron chi connectivity index (χ3n) is 3.59. The zero-order chi connectivity index (χ0) is 18.0. The van der Waals surface area contributed by atoms with Crippen LogP contribution in [0.5, 0.6) is 0 Å². The van der Waals surface area contributed by atoms with Crippen LogP contribution in [0.3, 0.4) is 0 Å². The first-order valence-corrected chi connectivity index (χ1v) is 8.62. The molecule has 7 nitrogen and oxygen atoms in total. The van der Waals surface area contributed by atoms with Crippen LogP contribution in [0.25, 0.3) is 4.96 Å². The largest absolute Gasteiger partial charge is 0.456 e. The average Bonchev–Trinajstić information content (AvgIpc) is 3.03. The number of nitrogens with zero attached hydrogens (tertiary/aromatic N) is 4. The normalized spacial score (nSPS) is 10.8. The minimum Gasteiger partial charge on any atom is -0.456 e. The molecule has 0 saturated heterocycles. The van der Waals surface area contributed by atoms with E-state index in [1.54, 1.807) is 18.2 Å². The Balaban J connectivity index is 1.77. The van der Waals surface area contributed by atoms with Gasteiger partial charge >= 0.3 is 5.97 Å². The Morgan fingerprint density at radius 1 is 1.32 bits per heavy atom. The number of carbonyl (C=O) groups is 1. The number of benzene rings is 1. The molecule has 0 atom stereocenters. The molecule has 1 aromatic carbocycles. The molecule has 3 aromatic rings. The number of ether oxygens (including phenoxy) is 1. The molecule has 25 heavy (non-hydrogen) atoms. The van der Waals surface area contributed by atoms with Gasteiger partial charge < -0.3 is 9.64 Å². The van der Waals surface area contributed by atoms with Crippen LogP contribution in [0.4, 0.5) is 5.69 Å². The van der Waals surface area contributed by atoms with Gasteiger partial charge in [0.25, 0.3) is 5.56 Å². The first-order valence-electron chi connectivity index (χ1n) is 7.81. The summed E-state index contributed by atoms with van der Waals surface area (Å²) in [5.41, 5.74) is 1.49. The van der Waals surface area contributed by atoms with E-state index in [0.29, 0.717) is 16.2 Å². The second-order valence-corrected chi connectivity index (χ2v) is 6.69. The SMILES string of the molecule is CCc1nn2c(=O)cc(COC(=O)c3cccc(N(C)C)c3)nc2s1. The molecular formula is C17H18N4O3S. The van der Waals surface area contributed by atoms with Gasteiger partial charge in [-0.15, -0.1) is 0 Å². The van der Waals surface area contributed by atoms with Gasteiger partial charge in [0.05, 0.1) is 11.3 Å². The fourth-order valence-electron chi connectivity index (χ4n) is 2.25. The minimum absolute atomic E-state index is 0.0594. The van der Waals surface area contributed by atoms with Gasteiger partial charge in [-0.25, -0.2) is 9.78 Å². The van der Waals surface area contributed by atoms with Crippen LogP contribution in [0.15, 0.2) is 35.1 Å². The van der Waals surface area contributed by atoms with Crippen LogP contribution in [-0.2, 0) is 17.8 Å². The van der Waals surface area contributed by atoms with E-state index in [1.807, 2.05) is 32.0 Å². The number of esters is 1. The molecule has 0 bridgehead atoms. The highest BCUT2D eigenvalue weighted by Crippen LogP contribution is 2.15. The fraction of sp³-hybridized carbons (Fsp3) is 0.294. The standard InChI is InChI=1S/C17H18N4O3S/c1-4-14-19-21-15(22)9-12(18-17(21)25-14)10-24-16(23)11-6-5-7-13(8-11)20(2)3/h5-9H,4,10H2,1-3H3. The fourth-order valence-corrected chi connectivity index (χ4v) is 3.10. The van der Waals surface area contributed by atoms with Crippen molar-refractivity contribution in [3.05, 3.63) is 57.0 Å². The van der Waals surface area contributed by atoms with Gasteiger partial charge in [-0.3, -0.25) is 4.79 Å². The van der Waals surface area contributed by atoms with Gasteiger partial charge in [0.15, 0.2) is 0 Å². The van der Waals surface area contributed by atoms with Crippen molar-refractivity contribution >= 4 is 28.0 Å². The Hall–Kier alpha value is -2.74. The number of anilines is 1. The molecule has 8 heteroatoms. The Labute approximate surface area is 148 Å². The molecule has 0 radical (unpaired) electrons. The van der Waals surface area contributed by atoms with Crippen molar-refractivity contribution in [3.63, 3.8) is 0 Å². The van der Waals surface area contributed by atoms with E-state index < -0.39 is 5.97 Å². The van der Waals surface area contributed by atoms with Crippen LogP contribution >= 0.6 is 11.3 Å². The van der Waals surface area contributed by atoms with Crippen LogP contribution in [0.2, 0.25) is 0 Å². The quantitative estimate of drug-likeness (QED) is 0.651. The molecule has 0 saturated carbocycles. The average molecular weight is 358 g/mol. The van der Waals surface area contributed by atoms with E-state index in [1.165, 1.54) is 21.9 Å². The highest BCUT2D eigenvalue weighted by atomic mass is 32.1. The molecule has 3 rings (SSSR count). The minimum atomic E-state index is -0.454. The smallest absolute Gasteiger partial charge is 0.338 e. The summed E-state index contributed by atoms with van der Waals surface area (Å²) in [6.45, 7) is 1.91. The van der Waals surface area contributed by atoms with Crippen molar-refractivity contribution in [2.45, 2.75) is 20.0 Å². The topological polar surface area (TPSA) is 76.8 Å². The number of hydrogen-bond acceptors (Lipinski definition) is 7. The van der Waals surface area contributed by atoms with Gasteiger partial charge in [0, 0.05) is 25.8 Å². The van der Waals surface area contributed by atoms with Gasteiger partial charge in [0.2, 0.25) is 4.96 Å². The maximum absolute atomic E-state index is 12.2. The summed E-state index contributed by atoms with van der Waals surface area (Å²) < 4.78 is 6.58. The molecule has 0 N–H and O–H groups in total. The van der Waals surface area contributed by atoms with Crippen molar-refractivity contribution in [2.24, 2.45) is 0 Å². The van der Waals surface area contributed by atoms with E-state index in [-0.39, 0.29) is 12.2 Å². The molecule has 0 aliphatic carbocycles. The maximum atomic E-state index is 12.2. The van der Waals surface area contributed by atoms with Gasteiger partial charge in [-0.05, 0) is 24.6 Å². The molecule has 0 fully saturated rings. The van der Waals surface area contributed by atoms with Crippen molar-refractivity contribution in [1.29, 1.82) is 0 Å². The first-order chi connectivity index (χ1) is 12.0. The number of hydrogen-bond donors (Lipinski definition) is 0. The second-order valence-electron chi connectivity index (χ2n) is 5.65. The number of aromatic nitrogens is 3. The summed E-state index contributed by atoms with van der Waals surface area (Å²) in [6.07, 6.45) is 0.736. The third-order valence-corrected chi connectivity index (χ3v) is 4.64. The summed E-state index contributed by atoms with van der Waals surface area (Å²) >= 11 is 1.36. The Bertz CT molecular complexity index is 977. The molecule has 0 spiro atoms. The summed E-state index contributed by atoms with van der Waals surface area (Å²) in [5.74, 6) is -0.454. The second kappa shape index (κ2) is 7.02. The number of carbonyl (C=O) groups excluding carboxylic acids is 1. The first kappa shape index (κ1) is 17.1. The molecule has 0 amide bonds. The van der Waals surface area contributed by atoms with Crippen molar-refractivity contribution < 1.29 is 9.53 Å². The van der Waals surface area contributed by atoms with E-state index in [2.05, 4.69) is 10.1 Å². The van der Waals surface area contributed by atoms with E-state index in [4.69, 9.17) is 4.74 Å². The van der Waals surface area contributed by atoms with Gasteiger partial charge in [0.1, 0.15) is 11.6 Å². The Kier molecular flexibility index (Phi) is 4.80. The molecular weight excluding hydrogens is 340 g/mol. The summed E-state index contributed by atoms with van der Waals surface area (Å²) in [6, 6.07) is 8.49. The summed E-state index contributed by atoms with van der Waals surface area (Å²) in [5, 5.41) is 5.02. The van der Waals surface area contributed by atoms with Crippen LogP contribution in [0.1, 0.15) is 28.0 Å². The van der Waals surface area contributed by atoms with Crippen molar-refractivity contribution in [3.8, 4) is 0 Å².